The van der Waals surface area contributed by atoms with Gasteiger partial charge in [0.25, 0.3) is 0 Å². The number of halogens is 2. The monoisotopic (exact) mass is 356 g/mol. The fraction of sp³-hybridized carbons (Fsp3) is 0.529. The minimum Gasteiger partial charge on any atom is -0.343 e. The Morgan fingerprint density at radius 3 is 2.26 bits per heavy atom. The van der Waals surface area contributed by atoms with E-state index in [0.29, 0.717) is 54.0 Å². The van der Waals surface area contributed by atoms with Gasteiger partial charge in [-0.15, -0.1) is 0 Å². The third-order valence-corrected chi connectivity index (χ3v) is 4.37. The molecule has 0 aromatic heterocycles. The number of anilines is 1. The van der Waals surface area contributed by atoms with E-state index in [1.54, 1.807) is 18.2 Å². The van der Waals surface area contributed by atoms with Crippen molar-refractivity contribution in [3.8, 4) is 0 Å². The van der Waals surface area contributed by atoms with Gasteiger partial charge >= 0.3 is 0 Å². The van der Waals surface area contributed by atoms with Crippen LogP contribution in [0.3, 0.4) is 0 Å². The molecule has 0 atom stereocenters. The molecule has 0 bridgehead atoms. The summed E-state index contributed by atoms with van der Waals surface area (Å²) in [6.45, 7) is 5.35. The highest BCUT2D eigenvalue weighted by atomic mass is 35.5. The number of likely N-dealkylation sites (tertiary alicyclic amines) is 1. The van der Waals surface area contributed by atoms with E-state index in [0.717, 1.165) is 0 Å². The minimum atomic E-state index is -0.0872. The van der Waals surface area contributed by atoms with Crippen molar-refractivity contribution in [1.82, 2.24) is 4.90 Å². The van der Waals surface area contributed by atoms with Crippen LogP contribution in [0.2, 0.25) is 10.0 Å². The van der Waals surface area contributed by atoms with Crippen molar-refractivity contribution in [2.75, 3.05) is 18.4 Å². The largest absolute Gasteiger partial charge is 0.343 e. The summed E-state index contributed by atoms with van der Waals surface area (Å²) in [4.78, 5) is 26.3. The van der Waals surface area contributed by atoms with E-state index < -0.39 is 0 Å². The van der Waals surface area contributed by atoms with Crippen molar-refractivity contribution in [3.63, 3.8) is 0 Å². The first-order chi connectivity index (χ1) is 10.8. The first-order valence-corrected chi connectivity index (χ1v) is 8.65. The number of piperidine rings is 1. The lowest BCUT2D eigenvalue weighted by Crippen LogP contribution is -2.41. The molecule has 0 saturated carbocycles. The third-order valence-electron chi connectivity index (χ3n) is 3.93. The lowest BCUT2D eigenvalue weighted by molar-refractivity contribution is -0.135. The molecule has 1 fully saturated rings. The van der Waals surface area contributed by atoms with Gasteiger partial charge in [0.15, 0.2) is 0 Å². The van der Waals surface area contributed by atoms with Crippen LogP contribution in [-0.4, -0.2) is 29.8 Å². The highest BCUT2D eigenvalue weighted by Gasteiger charge is 2.27. The first kappa shape index (κ1) is 18.1. The molecule has 1 saturated heterocycles. The van der Waals surface area contributed by atoms with Crippen molar-refractivity contribution in [1.29, 1.82) is 0 Å². The van der Waals surface area contributed by atoms with Crippen molar-refractivity contribution in [2.24, 2.45) is 11.8 Å². The SMILES string of the molecule is CC(C)CC(=O)N1CCC(C(=O)Nc2cc(Cl)cc(Cl)c2)CC1. The van der Waals surface area contributed by atoms with Crippen LogP contribution >= 0.6 is 23.2 Å². The maximum absolute atomic E-state index is 12.3. The van der Waals surface area contributed by atoms with Crippen LogP contribution in [0.25, 0.3) is 0 Å². The summed E-state index contributed by atoms with van der Waals surface area (Å²) >= 11 is 11.9. The molecule has 0 radical (unpaired) electrons. The van der Waals surface area contributed by atoms with Crippen LogP contribution < -0.4 is 5.32 Å². The Balaban J connectivity index is 1.87. The molecule has 1 aliphatic rings. The van der Waals surface area contributed by atoms with Gasteiger partial charge in [0.1, 0.15) is 0 Å². The Labute approximate surface area is 147 Å². The molecule has 0 unspecified atom stereocenters. The van der Waals surface area contributed by atoms with Gasteiger partial charge in [-0.25, -0.2) is 0 Å². The summed E-state index contributed by atoms with van der Waals surface area (Å²) < 4.78 is 0. The molecule has 1 aromatic rings. The summed E-state index contributed by atoms with van der Waals surface area (Å²) in [5.74, 6) is 0.409. The van der Waals surface area contributed by atoms with E-state index >= 15 is 0 Å². The number of rotatable bonds is 4. The zero-order valence-electron chi connectivity index (χ0n) is 13.4. The third kappa shape index (κ3) is 5.40. The number of carbonyl (C=O) groups excluding carboxylic acids is 2. The molecule has 23 heavy (non-hydrogen) atoms. The lowest BCUT2D eigenvalue weighted by atomic mass is 9.95. The van der Waals surface area contributed by atoms with Crippen LogP contribution in [0.4, 0.5) is 5.69 Å². The number of nitrogens with zero attached hydrogens (tertiary/aromatic N) is 1. The van der Waals surface area contributed by atoms with E-state index in [1.807, 2.05) is 18.7 Å². The summed E-state index contributed by atoms with van der Waals surface area (Å²) in [6, 6.07) is 4.97. The topological polar surface area (TPSA) is 49.4 Å². The molecule has 1 heterocycles. The van der Waals surface area contributed by atoms with Gasteiger partial charge in [-0.2, -0.15) is 0 Å². The number of hydrogen-bond acceptors (Lipinski definition) is 2. The number of nitrogens with one attached hydrogen (secondary N) is 1. The van der Waals surface area contributed by atoms with Gasteiger partial charge in [-0.3, -0.25) is 9.59 Å². The van der Waals surface area contributed by atoms with Gasteiger partial charge < -0.3 is 10.2 Å². The number of amides is 2. The Morgan fingerprint density at radius 2 is 1.74 bits per heavy atom. The predicted octanol–water partition coefficient (Wildman–Crippen LogP) is 4.22. The fourth-order valence-corrected chi connectivity index (χ4v) is 3.27. The smallest absolute Gasteiger partial charge is 0.227 e. The summed E-state index contributed by atoms with van der Waals surface area (Å²) in [5, 5.41) is 3.83. The maximum atomic E-state index is 12.3. The minimum absolute atomic E-state index is 0.0423. The Hall–Kier alpha value is -1.26. The van der Waals surface area contributed by atoms with Crippen LogP contribution in [-0.2, 0) is 9.59 Å². The Kier molecular flexibility index (Phi) is 6.31. The first-order valence-electron chi connectivity index (χ1n) is 7.90. The predicted molar refractivity (Wildman–Crippen MR) is 93.9 cm³/mol. The molecule has 0 aliphatic carbocycles. The van der Waals surface area contributed by atoms with Crippen LogP contribution in [0, 0.1) is 11.8 Å². The van der Waals surface area contributed by atoms with E-state index in [2.05, 4.69) is 5.32 Å². The molecular formula is C17H22Cl2N2O2. The van der Waals surface area contributed by atoms with Crippen LogP contribution in [0.15, 0.2) is 18.2 Å². The summed E-state index contributed by atoms with van der Waals surface area (Å²) in [7, 11) is 0. The van der Waals surface area contributed by atoms with Crippen molar-refractivity contribution < 1.29 is 9.59 Å². The van der Waals surface area contributed by atoms with Gasteiger partial charge in [-0.05, 0) is 37.0 Å². The van der Waals surface area contributed by atoms with Crippen molar-refractivity contribution in [3.05, 3.63) is 28.2 Å². The number of carbonyl (C=O) groups is 2. The second kappa shape index (κ2) is 8.02. The van der Waals surface area contributed by atoms with Gasteiger partial charge in [0, 0.05) is 41.2 Å². The molecule has 0 spiro atoms. The fourth-order valence-electron chi connectivity index (χ4n) is 2.74. The average molecular weight is 357 g/mol. The maximum Gasteiger partial charge on any atom is 0.227 e. The second-order valence-corrected chi connectivity index (χ2v) is 7.27. The number of hydrogen-bond donors (Lipinski definition) is 1. The molecule has 1 aromatic carbocycles. The molecule has 1 aliphatic heterocycles. The highest BCUT2D eigenvalue weighted by molar-refractivity contribution is 6.35. The second-order valence-electron chi connectivity index (χ2n) is 6.40. The van der Waals surface area contributed by atoms with Gasteiger partial charge in [-0.1, -0.05) is 37.0 Å². The zero-order chi connectivity index (χ0) is 17.0. The summed E-state index contributed by atoms with van der Waals surface area (Å²) in [5.41, 5.74) is 0.603. The summed E-state index contributed by atoms with van der Waals surface area (Å²) in [6.07, 6.45) is 1.94. The lowest BCUT2D eigenvalue weighted by Gasteiger charge is -2.31. The Bertz CT molecular complexity index is 562. The van der Waals surface area contributed by atoms with E-state index in [-0.39, 0.29) is 17.7 Å². The zero-order valence-corrected chi connectivity index (χ0v) is 15.0. The van der Waals surface area contributed by atoms with E-state index in [1.165, 1.54) is 0 Å². The molecule has 1 N–H and O–H groups in total. The van der Waals surface area contributed by atoms with Crippen LogP contribution in [0.1, 0.15) is 33.1 Å². The van der Waals surface area contributed by atoms with Crippen molar-refractivity contribution in [2.45, 2.75) is 33.1 Å². The quantitative estimate of drug-likeness (QED) is 0.877. The van der Waals surface area contributed by atoms with Gasteiger partial charge in [0.05, 0.1) is 0 Å². The number of benzene rings is 1. The normalized spacial score (nSPS) is 15.8. The molecule has 2 amide bonds. The average Bonchev–Trinajstić information content (AvgIpc) is 2.45. The standard InChI is InChI=1S/C17H22Cl2N2O2/c1-11(2)7-16(22)21-5-3-12(4-6-21)17(23)20-15-9-13(18)8-14(19)10-15/h8-12H,3-7H2,1-2H3,(H,20,23). The molecular weight excluding hydrogens is 335 g/mol. The molecule has 126 valence electrons. The van der Waals surface area contributed by atoms with Gasteiger partial charge in [0.2, 0.25) is 11.8 Å². The molecule has 4 nitrogen and oxygen atoms in total. The molecule has 2 rings (SSSR count). The molecule has 6 heteroatoms. The van der Waals surface area contributed by atoms with Crippen LogP contribution in [0.5, 0.6) is 0 Å². The van der Waals surface area contributed by atoms with Crippen molar-refractivity contribution >= 4 is 40.7 Å². The van der Waals surface area contributed by atoms with E-state index in [4.69, 9.17) is 23.2 Å². The van der Waals surface area contributed by atoms with E-state index in [9.17, 15) is 9.59 Å². The highest BCUT2D eigenvalue weighted by Crippen LogP contribution is 2.25. The Morgan fingerprint density at radius 1 is 1.17 bits per heavy atom.